The monoisotopic (exact) mass is 396 g/mol. The van der Waals surface area contributed by atoms with Crippen LogP contribution in [0.1, 0.15) is 41.5 Å². The number of carbonyl (C=O) groups is 1. The Morgan fingerprint density at radius 3 is 2.22 bits per heavy atom. The Balaban J connectivity index is 2.07. The summed E-state index contributed by atoms with van der Waals surface area (Å²) < 4.78 is 33.0. The maximum absolute atomic E-state index is 13.3. The van der Waals surface area contributed by atoms with Crippen LogP contribution in [0.4, 0.5) is 0 Å². The predicted molar refractivity (Wildman–Crippen MR) is 106 cm³/mol. The number of sulfonamides is 1. The van der Waals surface area contributed by atoms with Crippen LogP contribution < -0.4 is 5.32 Å². The number of amides is 1. The van der Waals surface area contributed by atoms with Crippen molar-refractivity contribution in [1.82, 2.24) is 9.62 Å². The highest BCUT2D eigenvalue weighted by atomic mass is 32.2. The zero-order valence-electron chi connectivity index (χ0n) is 17.1. The zero-order valence-corrected chi connectivity index (χ0v) is 17.9. The van der Waals surface area contributed by atoms with Crippen molar-refractivity contribution in [3.63, 3.8) is 0 Å². The molecule has 1 aromatic rings. The molecule has 1 aliphatic rings. The quantitative estimate of drug-likeness (QED) is 0.719. The van der Waals surface area contributed by atoms with E-state index in [4.69, 9.17) is 4.74 Å². The predicted octanol–water partition coefficient (Wildman–Crippen LogP) is 2.47. The Hall–Kier alpha value is -1.44. The molecule has 1 N–H and O–H groups in total. The van der Waals surface area contributed by atoms with Crippen molar-refractivity contribution in [2.75, 3.05) is 33.4 Å². The highest BCUT2D eigenvalue weighted by Crippen LogP contribution is 2.31. The molecule has 0 unspecified atom stereocenters. The molecule has 0 aromatic heterocycles. The lowest BCUT2D eigenvalue weighted by Crippen LogP contribution is -2.43. The first-order valence-corrected chi connectivity index (χ1v) is 11.0. The highest BCUT2D eigenvalue weighted by molar-refractivity contribution is 7.89. The maximum Gasteiger partial charge on any atom is 0.243 e. The van der Waals surface area contributed by atoms with Crippen molar-refractivity contribution < 1.29 is 17.9 Å². The van der Waals surface area contributed by atoms with Crippen LogP contribution in [0.25, 0.3) is 0 Å². The number of ether oxygens (including phenoxy) is 1. The van der Waals surface area contributed by atoms with E-state index in [0.717, 1.165) is 28.7 Å². The second kappa shape index (κ2) is 9.17. The van der Waals surface area contributed by atoms with Crippen molar-refractivity contribution >= 4 is 15.9 Å². The molecule has 1 heterocycles. The summed E-state index contributed by atoms with van der Waals surface area (Å²) in [5.74, 6) is -0.109. The minimum Gasteiger partial charge on any atom is -0.385 e. The number of piperidine rings is 1. The van der Waals surface area contributed by atoms with E-state index in [1.165, 1.54) is 4.31 Å². The lowest BCUT2D eigenvalue weighted by molar-refractivity contribution is -0.126. The molecule has 1 amide bonds. The number of methoxy groups -OCH3 is 1. The zero-order chi connectivity index (χ0) is 20.2. The summed E-state index contributed by atoms with van der Waals surface area (Å²) in [6, 6.07) is 2.03. The third kappa shape index (κ3) is 4.89. The topological polar surface area (TPSA) is 75.7 Å². The molecule has 0 saturated carbocycles. The van der Waals surface area contributed by atoms with Gasteiger partial charge in [0.2, 0.25) is 15.9 Å². The molecule has 0 aliphatic carbocycles. The maximum atomic E-state index is 13.3. The van der Waals surface area contributed by atoms with E-state index >= 15 is 0 Å². The van der Waals surface area contributed by atoms with Gasteiger partial charge in [0.05, 0.1) is 4.90 Å². The molecular weight excluding hydrogens is 364 g/mol. The number of hydrogen-bond donors (Lipinski definition) is 1. The first-order valence-electron chi connectivity index (χ1n) is 9.54. The van der Waals surface area contributed by atoms with Gasteiger partial charge >= 0.3 is 0 Å². The van der Waals surface area contributed by atoms with E-state index in [0.29, 0.717) is 44.0 Å². The smallest absolute Gasteiger partial charge is 0.243 e. The van der Waals surface area contributed by atoms with Crippen LogP contribution in [0, 0.1) is 33.6 Å². The van der Waals surface area contributed by atoms with E-state index in [2.05, 4.69) is 5.32 Å². The highest BCUT2D eigenvalue weighted by Gasteiger charge is 2.34. The van der Waals surface area contributed by atoms with Gasteiger partial charge in [0.15, 0.2) is 0 Å². The lowest BCUT2D eigenvalue weighted by Gasteiger charge is -2.31. The number of aryl methyl sites for hydroxylation is 2. The van der Waals surface area contributed by atoms with Crippen LogP contribution in [0.3, 0.4) is 0 Å². The standard InChI is InChI=1S/C20H32N2O4S/c1-14-13-15(2)17(4)19(16(14)3)27(24,25)22-10-7-18(8-11-22)20(23)21-9-6-12-26-5/h13,18H,6-12H2,1-5H3,(H,21,23). The van der Waals surface area contributed by atoms with Crippen molar-refractivity contribution in [2.24, 2.45) is 5.92 Å². The normalized spacial score (nSPS) is 16.5. The molecule has 7 heteroatoms. The fourth-order valence-electron chi connectivity index (χ4n) is 3.63. The van der Waals surface area contributed by atoms with Gasteiger partial charge in [-0.3, -0.25) is 4.79 Å². The van der Waals surface area contributed by atoms with Gasteiger partial charge in [-0.15, -0.1) is 0 Å². The number of hydrogen-bond acceptors (Lipinski definition) is 4. The molecular formula is C20H32N2O4S. The van der Waals surface area contributed by atoms with Crippen LogP contribution in [-0.2, 0) is 19.6 Å². The SMILES string of the molecule is COCCCNC(=O)C1CCN(S(=O)(=O)c2c(C)c(C)cc(C)c2C)CC1. The Labute approximate surface area is 163 Å². The van der Waals surface area contributed by atoms with Gasteiger partial charge in [0, 0.05) is 39.3 Å². The van der Waals surface area contributed by atoms with Crippen LogP contribution in [0.5, 0.6) is 0 Å². The number of nitrogens with one attached hydrogen (secondary N) is 1. The third-order valence-electron chi connectivity index (χ3n) is 5.54. The molecule has 0 radical (unpaired) electrons. The van der Waals surface area contributed by atoms with Gasteiger partial charge in [0.1, 0.15) is 0 Å². The molecule has 0 bridgehead atoms. The summed E-state index contributed by atoms with van der Waals surface area (Å²) in [4.78, 5) is 12.7. The van der Waals surface area contributed by atoms with Gasteiger partial charge in [-0.05, 0) is 69.2 Å². The Morgan fingerprint density at radius 2 is 1.70 bits per heavy atom. The van der Waals surface area contributed by atoms with Gasteiger partial charge in [-0.2, -0.15) is 4.31 Å². The number of benzene rings is 1. The van der Waals surface area contributed by atoms with E-state index < -0.39 is 10.0 Å². The molecule has 152 valence electrons. The van der Waals surface area contributed by atoms with Crippen molar-refractivity contribution in [1.29, 1.82) is 0 Å². The lowest BCUT2D eigenvalue weighted by atomic mass is 9.97. The minimum absolute atomic E-state index is 0.0157. The van der Waals surface area contributed by atoms with Gasteiger partial charge < -0.3 is 10.1 Å². The summed E-state index contributed by atoms with van der Waals surface area (Å²) in [6.07, 6.45) is 1.89. The number of carbonyl (C=O) groups excluding carboxylic acids is 1. The van der Waals surface area contributed by atoms with Crippen LogP contribution in [0.15, 0.2) is 11.0 Å². The summed E-state index contributed by atoms with van der Waals surface area (Å²) in [5.41, 5.74) is 3.61. The van der Waals surface area contributed by atoms with Crippen molar-refractivity contribution in [2.45, 2.75) is 51.9 Å². The summed E-state index contributed by atoms with van der Waals surface area (Å²) >= 11 is 0. The molecule has 1 aromatic carbocycles. The van der Waals surface area contributed by atoms with Gasteiger partial charge in [-0.25, -0.2) is 8.42 Å². The van der Waals surface area contributed by atoms with E-state index in [-0.39, 0.29) is 11.8 Å². The molecule has 1 aliphatic heterocycles. The molecule has 6 nitrogen and oxygen atoms in total. The third-order valence-corrected chi connectivity index (χ3v) is 7.72. The fraction of sp³-hybridized carbons (Fsp3) is 0.650. The largest absolute Gasteiger partial charge is 0.385 e. The van der Waals surface area contributed by atoms with Crippen LogP contribution in [-0.4, -0.2) is 52.0 Å². The molecule has 2 rings (SSSR count). The van der Waals surface area contributed by atoms with E-state index in [1.54, 1.807) is 7.11 Å². The number of nitrogens with zero attached hydrogens (tertiary/aromatic N) is 1. The average Bonchev–Trinajstić information content (AvgIpc) is 2.63. The Kier molecular flexibility index (Phi) is 7.42. The van der Waals surface area contributed by atoms with Crippen molar-refractivity contribution in [3.8, 4) is 0 Å². The molecule has 1 saturated heterocycles. The molecule has 1 fully saturated rings. The van der Waals surface area contributed by atoms with E-state index in [1.807, 2.05) is 33.8 Å². The second-order valence-electron chi connectivity index (χ2n) is 7.41. The fourth-order valence-corrected chi connectivity index (χ4v) is 5.67. The molecule has 27 heavy (non-hydrogen) atoms. The summed E-state index contributed by atoms with van der Waals surface area (Å²) in [5, 5.41) is 2.92. The molecule has 0 atom stereocenters. The minimum atomic E-state index is -3.56. The Morgan fingerprint density at radius 1 is 1.15 bits per heavy atom. The first-order chi connectivity index (χ1) is 12.7. The van der Waals surface area contributed by atoms with Gasteiger partial charge in [-0.1, -0.05) is 6.07 Å². The first kappa shape index (κ1) is 21.9. The van der Waals surface area contributed by atoms with Crippen LogP contribution in [0.2, 0.25) is 0 Å². The number of rotatable bonds is 7. The van der Waals surface area contributed by atoms with E-state index in [9.17, 15) is 13.2 Å². The summed E-state index contributed by atoms with van der Waals surface area (Å²) in [6.45, 7) is 9.60. The van der Waals surface area contributed by atoms with Crippen LogP contribution >= 0.6 is 0 Å². The van der Waals surface area contributed by atoms with Gasteiger partial charge in [0.25, 0.3) is 0 Å². The van der Waals surface area contributed by atoms with Crippen molar-refractivity contribution in [3.05, 3.63) is 28.3 Å². The summed E-state index contributed by atoms with van der Waals surface area (Å²) in [7, 11) is -1.92. The average molecular weight is 397 g/mol. The second-order valence-corrected chi connectivity index (χ2v) is 9.28. The Bertz CT molecular complexity index is 755. The molecule has 0 spiro atoms.